The molecule has 0 saturated carbocycles. The lowest BCUT2D eigenvalue weighted by Crippen LogP contribution is -2.52. The van der Waals surface area contributed by atoms with Gasteiger partial charge in [-0.1, -0.05) is 17.7 Å². The summed E-state index contributed by atoms with van der Waals surface area (Å²) in [5.41, 5.74) is -3.86. The van der Waals surface area contributed by atoms with Crippen molar-refractivity contribution in [3.05, 3.63) is 45.5 Å². The molecule has 12 heteroatoms. The van der Waals surface area contributed by atoms with Gasteiger partial charge in [0.05, 0.1) is 22.4 Å². The lowest BCUT2D eigenvalue weighted by atomic mass is 9.72. The van der Waals surface area contributed by atoms with Crippen LogP contribution in [0.2, 0.25) is 5.02 Å². The minimum atomic E-state index is -1.78. The second kappa shape index (κ2) is 7.10. The Hall–Kier alpha value is -3.31. The highest BCUT2D eigenvalue weighted by Crippen LogP contribution is 2.60. The highest BCUT2D eigenvalue weighted by molar-refractivity contribution is 6.31. The van der Waals surface area contributed by atoms with E-state index in [1.54, 1.807) is 6.92 Å². The summed E-state index contributed by atoms with van der Waals surface area (Å²) in [6.07, 6.45) is 1.30. The van der Waals surface area contributed by atoms with Crippen LogP contribution in [0.25, 0.3) is 0 Å². The summed E-state index contributed by atoms with van der Waals surface area (Å²) in [5, 5.41) is 11.6. The number of nitro benzene ring substituents is 1. The van der Waals surface area contributed by atoms with E-state index in [1.165, 1.54) is 24.3 Å². The number of esters is 2. The summed E-state index contributed by atoms with van der Waals surface area (Å²) >= 11 is 5.86. The van der Waals surface area contributed by atoms with E-state index >= 15 is 0 Å². The Morgan fingerprint density at radius 3 is 2.31 bits per heavy atom. The zero-order valence-corrected chi connectivity index (χ0v) is 17.8. The number of carbonyl (C=O) groups excluding carboxylic acids is 4. The van der Waals surface area contributed by atoms with Gasteiger partial charge in [0.15, 0.2) is 5.60 Å². The first-order valence-corrected chi connectivity index (χ1v) is 9.86. The lowest BCUT2D eigenvalue weighted by Gasteiger charge is -2.34. The predicted octanol–water partition coefficient (Wildman–Crippen LogP) is 1.90. The third-order valence-corrected chi connectivity index (χ3v) is 6.01. The Balaban J connectivity index is 1.83. The molecule has 1 aromatic carbocycles. The fourth-order valence-electron chi connectivity index (χ4n) is 4.63. The maximum Gasteiger partial charge on any atom is 0.305 e. The molecule has 0 aliphatic carbocycles. The van der Waals surface area contributed by atoms with E-state index < -0.39 is 63.7 Å². The molecular weight excluding hydrogens is 448 g/mol. The molecule has 11 nitrogen and oxygen atoms in total. The van der Waals surface area contributed by atoms with E-state index in [-0.39, 0.29) is 10.7 Å². The summed E-state index contributed by atoms with van der Waals surface area (Å²) in [6.45, 7) is 3.73. The SMILES string of the molecule is CC(=O)OC(OC(C)=O)[C@@]12C=C[C@@](C)(O1)[C@@H]1C(=O)N(c3ccc(Cl)cc3[N+](=O)[O-])C(=O)[C@@H]12. The van der Waals surface area contributed by atoms with Crippen molar-refractivity contribution in [3.63, 3.8) is 0 Å². The zero-order valence-electron chi connectivity index (χ0n) is 17.1. The highest BCUT2D eigenvalue weighted by atomic mass is 35.5. The molecular formula is C20H17ClN2O9. The van der Waals surface area contributed by atoms with Crippen molar-refractivity contribution in [3.8, 4) is 0 Å². The van der Waals surface area contributed by atoms with Gasteiger partial charge in [0, 0.05) is 24.9 Å². The van der Waals surface area contributed by atoms with Gasteiger partial charge in [0.25, 0.3) is 12.0 Å². The van der Waals surface area contributed by atoms with Gasteiger partial charge in [-0.2, -0.15) is 0 Å². The predicted molar refractivity (Wildman–Crippen MR) is 106 cm³/mol. The number of ether oxygens (including phenoxy) is 3. The number of amides is 2. The van der Waals surface area contributed by atoms with Gasteiger partial charge in [0.1, 0.15) is 5.69 Å². The molecule has 32 heavy (non-hydrogen) atoms. The summed E-state index contributed by atoms with van der Waals surface area (Å²) < 4.78 is 16.3. The Labute approximate surface area is 186 Å². The Bertz CT molecular complexity index is 1100. The molecule has 0 radical (unpaired) electrons. The van der Waals surface area contributed by atoms with Crippen LogP contribution in [0.5, 0.6) is 0 Å². The van der Waals surface area contributed by atoms with Gasteiger partial charge in [-0.25, -0.2) is 4.90 Å². The van der Waals surface area contributed by atoms with E-state index in [9.17, 15) is 29.3 Å². The van der Waals surface area contributed by atoms with Gasteiger partial charge < -0.3 is 14.2 Å². The molecule has 0 spiro atoms. The van der Waals surface area contributed by atoms with Crippen molar-refractivity contribution >= 4 is 46.7 Å². The molecule has 4 rings (SSSR count). The molecule has 4 atom stereocenters. The quantitative estimate of drug-likeness (QED) is 0.159. The molecule has 3 aliphatic heterocycles. The van der Waals surface area contributed by atoms with Crippen LogP contribution in [-0.4, -0.2) is 46.2 Å². The van der Waals surface area contributed by atoms with Crippen molar-refractivity contribution < 1.29 is 38.3 Å². The molecule has 3 aliphatic rings. The first kappa shape index (κ1) is 21.9. The van der Waals surface area contributed by atoms with Crippen molar-refractivity contribution in [2.45, 2.75) is 38.3 Å². The lowest BCUT2D eigenvalue weighted by molar-refractivity contribution is -0.384. The third-order valence-electron chi connectivity index (χ3n) is 5.77. The topological polar surface area (TPSA) is 142 Å². The minimum absolute atomic E-state index is 0.0537. The van der Waals surface area contributed by atoms with E-state index in [0.717, 1.165) is 19.9 Å². The van der Waals surface area contributed by atoms with Crippen LogP contribution < -0.4 is 4.90 Å². The maximum atomic E-state index is 13.5. The standard InChI is InChI=1S/C20H17ClN2O9/c1-9(24)30-18(31-10(2)25)20-7-6-19(3,32-20)14-15(20)17(27)22(16(14)26)12-5-4-11(21)8-13(12)23(28)29/h4-8,14-15,18H,1-3H3/t14-,15+,19+,20-/m0/s1. The van der Waals surface area contributed by atoms with Crippen molar-refractivity contribution in [1.82, 2.24) is 0 Å². The number of halogens is 1. The summed E-state index contributed by atoms with van der Waals surface area (Å²) in [4.78, 5) is 61.8. The molecule has 2 saturated heterocycles. The van der Waals surface area contributed by atoms with E-state index in [2.05, 4.69) is 0 Å². The third kappa shape index (κ3) is 3.00. The van der Waals surface area contributed by atoms with Gasteiger partial charge in [-0.3, -0.25) is 29.3 Å². The van der Waals surface area contributed by atoms with Crippen LogP contribution in [0.3, 0.4) is 0 Å². The molecule has 3 heterocycles. The van der Waals surface area contributed by atoms with Gasteiger partial charge >= 0.3 is 11.9 Å². The van der Waals surface area contributed by atoms with Crippen LogP contribution in [-0.2, 0) is 33.4 Å². The summed E-state index contributed by atoms with van der Waals surface area (Å²) in [7, 11) is 0. The monoisotopic (exact) mass is 464 g/mol. The molecule has 1 aromatic rings. The molecule has 0 aromatic heterocycles. The van der Waals surface area contributed by atoms with E-state index in [0.29, 0.717) is 4.90 Å². The molecule has 0 unspecified atom stereocenters. The van der Waals surface area contributed by atoms with Crippen LogP contribution in [0.4, 0.5) is 11.4 Å². The Kier molecular flexibility index (Phi) is 4.86. The van der Waals surface area contributed by atoms with Gasteiger partial charge in [-0.15, -0.1) is 0 Å². The molecule has 2 fully saturated rings. The molecule has 2 bridgehead atoms. The van der Waals surface area contributed by atoms with Crippen LogP contribution in [0.1, 0.15) is 20.8 Å². The number of nitro groups is 1. The largest absolute Gasteiger partial charge is 0.422 e. The fourth-order valence-corrected chi connectivity index (χ4v) is 4.80. The fraction of sp³-hybridized carbons (Fsp3) is 0.400. The summed E-state index contributed by atoms with van der Waals surface area (Å²) in [5.74, 6) is -5.51. The zero-order chi connectivity index (χ0) is 23.6. The molecule has 168 valence electrons. The van der Waals surface area contributed by atoms with Crippen molar-refractivity contribution in [2.75, 3.05) is 4.90 Å². The average molecular weight is 465 g/mol. The number of carbonyl (C=O) groups is 4. The number of benzene rings is 1. The van der Waals surface area contributed by atoms with E-state index in [4.69, 9.17) is 25.8 Å². The average Bonchev–Trinajstić information content (AvgIpc) is 3.27. The van der Waals surface area contributed by atoms with Crippen LogP contribution in [0.15, 0.2) is 30.4 Å². The van der Waals surface area contributed by atoms with Gasteiger partial charge in [-0.05, 0) is 25.1 Å². The highest BCUT2D eigenvalue weighted by Gasteiger charge is 2.76. The summed E-state index contributed by atoms with van der Waals surface area (Å²) in [6, 6.07) is 3.56. The number of hydrogen-bond donors (Lipinski definition) is 0. The van der Waals surface area contributed by atoms with E-state index in [1.807, 2.05) is 0 Å². The number of fused-ring (bicyclic) bond motifs is 5. The minimum Gasteiger partial charge on any atom is -0.422 e. The normalized spacial score (nSPS) is 30.1. The smallest absolute Gasteiger partial charge is 0.305 e. The van der Waals surface area contributed by atoms with Crippen LogP contribution in [0, 0.1) is 22.0 Å². The Morgan fingerprint density at radius 2 is 1.75 bits per heavy atom. The molecule has 0 N–H and O–H groups in total. The first-order valence-electron chi connectivity index (χ1n) is 9.48. The second-order valence-corrected chi connectivity index (χ2v) is 8.32. The van der Waals surface area contributed by atoms with Gasteiger partial charge in [0.2, 0.25) is 11.8 Å². The van der Waals surface area contributed by atoms with Crippen molar-refractivity contribution in [1.29, 1.82) is 0 Å². The number of anilines is 1. The first-order chi connectivity index (χ1) is 14.9. The molecule has 2 amide bonds. The number of hydrogen-bond acceptors (Lipinski definition) is 9. The maximum absolute atomic E-state index is 13.5. The second-order valence-electron chi connectivity index (χ2n) is 7.88. The number of nitrogens with zero attached hydrogens (tertiary/aromatic N) is 2. The number of rotatable bonds is 5. The van der Waals surface area contributed by atoms with Crippen molar-refractivity contribution in [2.24, 2.45) is 11.8 Å². The Morgan fingerprint density at radius 1 is 1.16 bits per heavy atom. The van der Waals surface area contributed by atoms with Crippen LogP contribution >= 0.6 is 11.6 Å². The number of imide groups is 1.